The summed E-state index contributed by atoms with van der Waals surface area (Å²) in [7, 11) is 0. The smallest absolute Gasteiger partial charge is 0.317 e. The lowest BCUT2D eigenvalue weighted by molar-refractivity contribution is 0.162. The molecule has 2 unspecified atom stereocenters. The molecule has 2 aliphatic rings. The Bertz CT molecular complexity index is 721. The second-order valence-corrected chi connectivity index (χ2v) is 9.11. The van der Waals surface area contributed by atoms with Gasteiger partial charge >= 0.3 is 6.03 Å². The average Bonchev–Trinajstić information content (AvgIpc) is 3.42. The largest absolute Gasteiger partial charge is 0.336 e. The van der Waals surface area contributed by atoms with Crippen LogP contribution in [0.5, 0.6) is 0 Å². The van der Waals surface area contributed by atoms with E-state index in [1.807, 2.05) is 16.2 Å². The summed E-state index contributed by atoms with van der Waals surface area (Å²) >= 11 is 3.62. The van der Waals surface area contributed by atoms with Gasteiger partial charge in [-0.05, 0) is 67.2 Å². The molecule has 4 rings (SSSR count). The van der Waals surface area contributed by atoms with Crippen LogP contribution in [0.15, 0.2) is 29.0 Å². The molecule has 0 bridgehead atoms. The first kappa shape index (κ1) is 18.0. The van der Waals surface area contributed by atoms with E-state index in [1.54, 1.807) is 11.3 Å². The Hall–Kier alpha value is -1.37. The second kappa shape index (κ2) is 8.11. The summed E-state index contributed by atoms with van der Waals surface area (Å²) in [4.78, 5) is 20.4. The molecule has 4 heterocycles. The van der Waals surface area contributed by atoms with Gasteiger partial charge in [-0.3, -0.25) is 4.90 Å². The monoisotopic (exact) mass is 389 g/mol. The zero-order valence-electron chi connectivity index (χ0n) is 15.3. The summed E-state index contributed by atoms with van der Waals surface area (Å²) in [6.07, 6.45) is 4.48. The fraction of sp³-hybridized carbons (Fsp3) is 0.550. The maximum absolute atomic E-state index is 13.0. The van der Waals surface area contributed by atoms with E-state index in [2.05, 4.69) is 46.1 Å². The van der Waals surface area contributed by atoms with Crippen molar-refractivity contribution in [2.45, 2.75) is 44.7 Å². The molecular weight excluding hydrogens is 362 g/mol. The third-order valence-corrected chi connectivity index (χ3v) is 7.61. The van der Waals surface area contributed by atoms with Gasteiger partial charge in [-0.2, -0.15) is 0 Å². The molecule has 0 spiro atoms. The van der Waals surface area contributed by atoms with Crippen LogP contribution in [-0.4, -0.2) is 42.0 Å². The van der Waals surface area contributed by atoms with Crippen molar-refractivity contribution in [3.8, 4) is 0 Å². The standard InChI is InChI=1S/C20H27N3OS2/c1-2-16-15-8-13-26-18(15)7-11-23(16)20(24)21-14-17(19-6-5-12-25-19)22-9-3-4-10-22/h5-6,8,12-13,16-17H,2-4,7,9-11,14H2,1H3,(H,21,24). The quantitative estimate of drug-likeness (QED) is 0.807. The van der Waals surface area contributed by atoms with E-state index in [4.69, 9.17) is 0 Å². The van der Waals surface area contributed by atoms with Crippen LogP contribution in [0.25, 0.3) is 0 Å². The Morgan fingerprint density at radius 3 is 2.81 bits per heavy atom. The minimum absolute atomic E-state index is 0.0921. The average molecular weight is 390 g/mol. The van der Waals surface area contributed by atoms with Crippen molar-refractivity contribution in [1.29, 1.82) is 0 Å². The van der Waals surface area contributed by atoms with Crippen LogP contribution in [-0.2, 0) is 6.42 Å². The first-order valence-corrected chi connectivity index (χ1v) is 11.4. The van der Waals surface area contributed by atoms with Gasteiger partial charge in [0, 0.05) is 22.8 Å². The molecule has 2 aromatic rings. The number of likely N-dealkylation sites (tertiary alicyclic amines) is 1. The number of carbonyl (C=O) groups is 1. The molecule has 1 saturated heterocycles. The first-order valence-electron chi connectivity index (χ1n) is 9.66. The summed E-state index contributed by atoms with van der Waals surface area (Å²) < 4.78 is 0. The van der Waals surface area contributed by atoms with Crippen LogP contribution in [0.2, 0.25) is 0 Å². The van der Waals surface area contributed by atoms with Crippen LogP contribution in [0.4, 0.5) is 4.79 Å². The molecule has 2 aliphatic heterocycles. The first-order chi connectivity index (χ1) is 12.8. The molecule has 1 fully saturated rings. The van der Waals surface area contributed by atoms with Crippen molar-refractivity contribution in [1.82, 2.24) is 15.1 Å². The Morgan fingerprint density at radius 2 is 2.08 bits per heavy atom. The van der Waals surface area contributed by atoms with Gasteiger partial charge in [0.2, 0.25) is 0 Å². The number of nitrogens with zero attached hydrogens (tertiary/aromatic N) is 2. The van der Waals surface area contributed by atoms with Crippen LogP contribution in [0, 0.1) is 0 Å². The molecule has 2 amide bonds. The van der Waals surface area contributed by atoms with E-state index in [0.29, 0.717) is 12.6 Å². The maximum atomic E-state index is 13.0. The highest BCUT2D eigenvalue weighted by molar-refractivity contribution is 7.10. The van der Waals surface area contributed by atoms with E-state index in [-0.39, 0.29) is 12.1 Å². The highest BCUT2D eigenvalue weighted by atomic mass is 32.1. The van der Waals surface area contributed by atoms with Gasteiger partial charge in [-0.1, -0.05) is 13.0 Å². The van der Waals surface area contributed by atoms with E-state index in [1.165, 1.54) is 28.2 Å². The van der Waals surface area contributed by atoms with Crippen molar-refractivity contribution in [3.05, 3.63) is 44.3 Å². The Balaban J connectivity index is 1.44. The third kappa shape index (κ3) is 3.55. The fourth-order valence-corrected chi connectivity index (χ4v) is 6.10. The SMILES string of the molecule is CCC1c2ccsc2CCN1C(=O)NCC(c1cccs1)N1CCCC1. The summed E-state index contributed by atoms with van der Waals surface area (Å²) in [6.45, 7) is 5.97. The van der Waals surface area contributed by atoms with E-state index in [9.17, 15) is 4.79 Å². The minimum Gasteiger partial charge on any atom is -0.336 e. The molecule has 0 aliphatic carbocycles. The number of hydrogen-bond donors (Lipinski definition) is 1. The number of amides is 2. The lowest BCUT2D eigenvalue weighted by Crippen LogP contribution is -2.47. The van der Waals surface area contributed by atoms with Gasteiger partial charge in [0.15, 0.2) is 0 Å². The van der Waals surface area contributed by atoms with E-state index < -0.39 is 0 Å². The zero-order chi connectivity index (χ0) is 17.9. The van der Waals surface area contributed by atoms with Gasteiger partial charge in [0.25, 0.3) is 0 Å². The molecule has 4 nitrogen and oxygen atoms in total. The molecule has 0 radical (unpaired) electrons. The molecule has 2 aromatic heterocycles. The maximum Gasteiger partial charge on any atom is 0.317 e. The van der Waals surface area contributed by atoms with Crippen LogP contribution < -0.4 is 5.32 Å². The summed E-state index contributed by atoms with van der Waals surface area (Å²) in [5.74, 6) is 0. The van der Waals surface area contributed by atoms with Crippen LogP contribution in [0.1, 0.15) is 53.6 Å². The highest BCUT2D eigenvalue weighted by Gasteiger charge is 2.31. The van der Waals surface area contributed by atoms with Crippen molar-refractivity contribution < 1.29 is 4.79 Å². The van der Waals surface area contributed by atoms with E-state index >= 15 is 0 Å². The lowest BCUT2D eigenvalue weighted by atomic mass is 9.98. The number of urea groups is 1. The lowest BCUT2D eigenvalue weighted by Gasteiger charge is -2.36. The predicted molar refractivity (Wildman–Crippen MR) is 109 cm³/mol. The van der Waals surface area contributed by atoms with Crippen molar-refractivity contribution in [2.24, 2.45) is 0 Å². The van der Waals surface area contributed by atoms with Crippen LogP contribution >= 0.6 is 22.7 Å². The van der Waals surface area contributed by atoms with E-state index in [0.717, 1.165) is 32.5 Å². The molecule has 0 aromatic carbocycles. The molecule has 26 heavy (non-hydrogen) atoms. The Kier molecular flexibility index (Phi) is 5.62. The van der Waals surface area contributed by atoms with Gasteiger partial charge < -0.3 is 10.2 Å². The fourth-order valence-electron chi connectivity index (χ4n) is 4.31. The summed E-state index contributed by atoms with van der Waals surface area (Å²) in [5.41, 5.74) is 1.35. The topological polar surface area (TPSA) is 35.6 Å². The molecule has 2 atom stereocenters. The highest BCUT2D eigenvalue weighted by Crippen LogP contribution is 2.35. The molecule has 1 N–H and O–H groups in total. The van der Waals surface area contributed by atoms with Gasteiger partial charge in [-0.25, -0.2) is 4.79 Å². The summed E-state index contributed by atoms with van der Waals surface area (Å²) in [5, 5.41) is 7.56. The zero-order valence-corrected chi connectivity index (χ0v) is 17.0. The van der Waals surface area contributed by atoms with Crippen LogP contribution in [0.3, 0.4) is 0 Å². The van der Waals surface area contributed by atoms with Gasteiger partial charge in [0.05, 0.1) is 12.1 Å². The number of thiophene rings is 2. The van der Waals surface area contributed by atoms with Gasteiger partial charge in [0.1, 0.15) is 0 Å². The third-order valence-electron chi connectivity index (χ3n) is 5.64. The number of fused-ring (bicyclic) bond motifs is 1. The van der Waals surface area contributed by atoms with Crippen molar-refractivity contribution in [3.63, 3.8) is 0 Å². The number of carbonyl (C=O) groups excluding carboxylic acids is 1. The molecule has 140 valence electrons. The predicted octanol–water partition coefficient (Wildman–Crippen LogP) is 4.67. The second-order valence-electron chi connectivity index (χ2n) is 7.13. The Morgan fingerprint density at radius 1 is 1.23 bits per heavy atom. The number of nitrogens with one attached hydrogen (secondary N) is 1. The summed E-state index contributed by atoms with van der Waals surface area (Å²) in [6, 6.07) is 7.13. The normalized spacial score (nSPS) is 21.6. The molecular formula is C20H27N3OS2. The molecule has 6 heteroatoms. The Labute approximate surface area is 163 Å². The minimum atomic E-state index is 0.0921. The number of rotatable bonds is 5. The van der Waals surface area contributed by atoms with Crippen molar-refractivity contribution >= 4 is 28.7 Å². The van der Waals surface area contributed by atoms with Gasteiger partial charge in [-0.15, -0.1) is 22.7 Å². The molecule has 0 saturated carbocycles. The van der Waals surface area contributed by atoms with Crippen molar-refractivity contribution in [2.75, 3.05) is 26.2 Å². The number of hydrogen-bond acceptors (Lipinski definition) is 4.